The van der Waals surface area contributed by atoms with E-state index >= 15 is 0 Å². The number of anilines is 1. The highest BCUT2D eigenvalue weighted by molar-refractivity contribution is 6.22. The summed E-state index contributed by atoms with van der Waals surface area (Å²) in [6.45, 7) is 3.81. The van der Waals surface area contributed by atoms with Crippen molar-refractivity contribution in [3.8, 4) is 0 Å². The van der Waals surface area contributed by atoms with Crippen LogP contribution in [0.15, 0.2) is 53.4 Å². The van der Waals surface area contributed by atoms with E-state index in [9.17, 15) is 9.18 Å². The highest BCUT2D eigenvalue weighted by Crippen LogP contribution is 2.34. The number of carbonyl (C=O) groups excluding carboxylic acids is 1. The average molecular weight is 364 g/mol. The van der Waals surface area contributed by atoms with Crippen LogP contribution in [-0.2, 0) is 4.74 Å². The molecule has 3 aromatic rings. The molecule has 0 bridgehead atoms. The van der Waals surface area contributed by atoms with Gasteiger partial charge in [-0.05, 0) is 32.0 Å². The first-order valence-electron chi connectivity index (χ1n) is 8.54. The van der Waals surface area contributed by atoms with Crippen molar-refractivity contribution in [1.82, 2.24) is 10.2 Å². The van der Waals surface area contributed by atoms with E-state index in [1.165, 1.54) is 6.07 Å². The van der Waals surface area contributed by atoms with E-state index < -0.39 is 5.97 Å². The summed E-state index contributed by atoms with van der Waals surface area (Å²) in [6.07, 6.45) is 3.36. The summed E-state index contributed by atoms with van der Waals surface area (Å²) in [5, 5.41) is 10.8. The molecule has 136 valence electrons. The quantitative estimate of drug-likeness (QED) is 0.689. The molecule has 1 aliphatic rings. The summed E-state index contributed by atoms with van der Waals surface area (Å²) in [5.41, 5.74) is 3.66. The van der Waals surface area contributed by atoms with Gasteiger partial charge in [0.25, 0.3) is 0 Å². The van der Waals surface area contributed by atoms with E-state index in [0.29, 0.717) is 44.7 Å². The van der Waals surface area contributed by atoms with Crippen molar-refractivity contribution in [3.63, 3.8) is 0 Å². The molecule has 0 aliphatic carbocycles. The van der Waals surface area contributed by atoms with Gasteiger partial charge in [0.05, 0.1) is 41.0 Å². The van der Waals surface area contributed by atoms with Gasteiger partial charge < -0.3 is 10.1 Å². The number of aliphatic imine (C=N–C) groups is 1. The molecule has 0 saturated heterocycles. The minimum Gasteiger partial charge on any atom is -0.462 e. The molecule has 0 amide bonds. The van der Waals surface area contributed by atoms with Crippen LogP contribution in [0.4, 0.5) is 10.1 Å². The van der Waals surface area contributed by atoms with Gasteiger partial charge in [-0.25, -0.2) is 9.18 Å². The van der Waals surface area contributed by atoms with Crippen molar-refractivity contribution in [2.75, 3.05) is 11.9 Å². The molecule has 0 saturated carbocycles. The fourth-order valence-corrected chi connectivity index (χ4v) is 3.13. The van der Waals surface area contributed by atoms with Crippen molar-refractivity contribution in [2.45, 2.75) is 13.8 Å². The van der Waals surface area contributed by atoms with Gasteiger partial charge in [-0.1, -0.05) is 12.1 Å². The number of hydrogen-bond acceptors (Lipinski definition) is 5. The van der Waals surface area contributed by atoms with Gasteiger partial charge in [0, 0.05) is 22.7 Å². The van der Waals surface area contributed by atoms with Crippen LogP contribution in [0, 0.1) is 5.82 Å². The molecule has 7 heteroatoms. The number of aromatic nitrogens is 2. The number of carbonyl (C=O) groups is 1. The fraction of sp³-hybridized carbons (Fsp3) is 0.150. The lowest BCUT2D eigenvalue weighted by atomic mass is 9.95. The first-order valence-corrected chi connectivity index (χ1v) is 8.54. The average Bonchev–Trinajstić information content (AvgIpc) is 3.08. The molecule has 0 fully saturated rings. The van der Waals surface area contributed by atoms with E-state index in [0.717, 1.165) is 0 Å². The highest BCUT2D eigenvalue weighted by Gasteiger charge is 2.24. The van der Waals surface area contributed by atoms with Crippen molar-refractivity contribution < 1.29 is 13.9 Å². The Hall–Kier alpha value is -3.48. The first-order chi connectivity index (χ1) is 13.1. The van der Waals surface area contributed by atoms with Gasteiger partial charge in [-0.2, -0.15) is 5.10 Å². The van der Waals surface area contributed by atoms with Crippen molar-refractivity contribution in [1.29, 1.82) is 0 Å². The summed E-state index contributed by atoms with van der Waals surface area (Å²) >= 11 is 0. The third kappa shape index (κ3) is 2.87. The Morgan fingerprint density at radius 1 is 1.26 bits per heavy atom. The molecule has 27 heavy (non-hydrogen) atoms. The Morgan fingerprint density at radius 2 is 2.07 bits per heavy atom. The third-order valence-corrected chi connectivity index (χ3v) is 4.33. The van der Waals surface area contributed by atoms with Crippen molar-refractivity contribution in [3.05, 3.63) is 70.9 Å². The second-order valence-corrected chi connectivity index (χ2v) is 6.10. The largest absolute Gasteiger partial charge is 0.462 e. The molecule has 2 N–H and O–H groups in total. The lowest BCUT2D eigenvalue weighted by Gasteiger charge is -2.14. The number of H-pyrrole nitrogens is 1. The number of nitrogens with one attached hydrogen (secondary N) is 2. The Bertz CT molecular complexity index is 1110. The summed E-state index contributed by atoms with van der Waals surface area (Å²) in [7, 11) is 0. The van der Waals surface area contributed by atoms with Crippen molar-refractivity contribution >= 4 is 28.3 Å². The van der Waals surface area contributed by atoms with E-state index in [1.807, 2.05) is 6.92 Å². The number of nitrogens with zero attached hydrogens (tertiary/aromatic N) is 2. The third-order valence-electron chi connectivity index (χ3n) is 4.33. The zero-order chi connectivity index (χ0) is 19.0. The van der Waals surface area contributed by atoms with Crippen LogP contribution < -0.4 is 5.32 Å². The standard InChI is InChI=1S/C20H17FN4O2/c1-3-27-20(26)14-8-13-17(15-10-23-25-19(14)15)22-9-11(2)24-18(13)12-6-4-5-7-16(12)21/h4-10,22H,3H2,1-2H3,(H,23,25). The molecule has 6 nitrogen and oxygen atoms in total. The number of rotatable bonds is 3. The van der Waals surface area contributed by atoms with Gasteiger partial charge in [0.2, 0.25) is 0 Å². The Kier molecular flexibility index (Phi) is 4.19. The van der Waals surface area contributed by atoms with Gasteiger partial charge in [0.15, 0.2) is 0 Å². The number of hydrogen-bond donors (Lipinski definition) is 2. The molecule has 0 spiro atoms. The predicted octanol–water partition coefficient (Wildman–Crippen LogP) is 4.00. The van der Waals surface area contributed by atoms with Gasteiger partial charge in [0.1, 0.15) is 5.82 Å². The predicted molar refractivity (Wildman–Crippen MR) is 101 cm³/mol. The number of fused-ring (bicyclic) bond motifs is 3. The minimum absolute atomic E-state index is 0.249. The maximum absolute atomic E-state index is 14.5. The minimum atomic E-state index is -0.476. The smallest absolute Gasteiger partial charge is 0.340 e. The maximum Gasteiger partial charge on any atom is 0.340 e. The summed E-state index contributed by atoms with van der Waals surface area (Å²) in [6, 6.07) is 8.10. The van der Waals surface area contributed by atoms with Gasteiger partial charge in [-0.15, -0.1) is 0 Å². The molecule has 1 aliphatic heterocycles. The molecule has 4 rings (SSSR count). The molecular weight excluding hydrogens is 347 g/mol. The second-order valence-electron chi connectivity index (χ2n) is 6.10. The monoisotopic (exact) mass is 364 g/mol. The van der Waals surface area contributed by atoms with Gasteiger partial charge >= 0.3 is 5.97 Å². The summed E-state index contributed by atoms with van der Waals surface area (Å²) in [4.78, 5) is 17.1. The number of esters is 1. The number of allylic oxidation sites excluding steroid dienone is 1. The molecule has 1 aromatic heterocycles. The molecule has 2 heterocycles. The lowest BCUT2D eigenvalue weighted by molar-refractivity contribution is 0.0528. The number of benzene rings is 2. The summed E-state index contributed by atoms with van der Waals surface area (Å²) < 4.78 is 19.7. The van der Waals surface area contributed by atoms with Crippen LogP contribution in [0.5, 0.6) is 0 Å². The zero-order valence-corrected chi connectivity index (χ0v) is 14.8. The topological polar surface area (TPSA) is 79.4 Å². The van der Waals surface area contributed by atoms with E-state index in [4.69, 9.17) is 4.74 Å². The van der Waals surface area contributed by atoms with Crippen LogP contribution in [0.2, 0.25) is 0 Å². The number of aromatic amines is 1. The fourth-order valence-electron chi connectivity index (χ4n) is 3.13. The molecule has 0 unspecified atom stereocenters. The van der Waals surface area contributed by atoms with Crippen LogP contribution in [0.3, 0.4) is 0 Å². The van der Waals surface area contributed by atoms with Gasteiger partial charge in [-0.3, -0.25) is 10.1 Å². The Labute approximate surface area is 154 Å². The van der Waals surface area contributed by atoms with E-state index in [-0.39, 0.29) is 12.4 Å². The van der Waals surface area contributed by atoms with Crippen LogP contribution in [0.1, 0.15) is 35.3 Å². The number of ether oxygens (including phenoxy) is 1. The van der Waals surface area contributed by atoms with Crippen molar-refractivity contribution in [2.24, 2.45) is 4.99 Å². The zero-order valence-electron chi connectivity index (χ0n) is 14.8. The Balaban J connectivity index is 2.03. The maximum atomic E-state index is 14.5. The second kappa shape index (κ2) is 6.68. The van der Waals surface area contributed by atoms with Crippen LogP contribution in [0.25, 0.3) is 10.9 Å². The van der Waals surface area contributed by atoms with Crippen LogP contribution in [-0.4, -0.2) is 28.5 Å². The number of halogens is 1. The first kappa shape index (κ1) is 17.0. The van der Waals surface area contributed by atoms with E-state index in [1.54, 1.807) is 43.6 Å². The lowest BCUT2D eigenvalue weighted by Crippen LogP contribution is -2.12. The Morgan fingerprint density at radius 3 is 2.85 bits per heavy atom. The molecule has 0 atom stereocenters. The molecule has 2 aromatic carbocycles. The highest BCUT2D eigenvalue weighted by atomic mass is 19.1. The summed E-state index contributed by atoms with van der Waals surface area (Å²) in [5.74, 6) is -0.863. The van der Waals surface area contributed by atoms with Crippen LogP contribution >= 0.6 is 0 Å². The molecular formula is C20H17FN4O2. The molecule has 0 radical (unpaired) electrons. The SMILES string of the molecule is CCOC(=O)c1cc2c(c3cn[nH]c13)NC=C(C)N=C2c1ccccc1F. The normalized spacial score (nSPS) is 13.3. The van der Waals surface area contributed by atoms with E-state index in [2.05, 4.69) is 20.5 Å².